The largest absolute Gasteiger partial charge is 0.444 e. The Morgan fingerprint density at radius 2 is 2.10 bits per heavy atom. The second-order valence-electron chi connectivity index (χ2n) is 4.26. The molecule has 114 valence electrons. The van der Waals surface area contributed by atoms with Gasteiger partial charge < -0.3 is 19.9 Å². The van der Waals surface area contributed by atoms with Gasteiger partial charge in [-0.3, -0.25) is 0 Å². The summed E-state index contributed by atoms with van der Waals surface area (Å²) in [6, 6.07) is 1.71. The predicted octanol–water partition coefficient (Wildman–Crippen LogP) is 1.46. The zero-order valence-electron chi connectivity index (χ0n) is 12.2. The fourth-order valence-corrected chi connectivity index (χ4v) is 1.68. The highest BCUT2D eigenvalue weighted by Gasteiger charge is 2.06. The van der Waals surface area contributed by atoms with E-state index in [1.54, 1.807) is 12.3 Å². The van der Waals surface area contributed by atoms with Crippen molar-refractivity contribution in [2.75, 3.05) is 17.3 Å². The van der Waals surface area contributed by atoms with E-state index in [-0.39, 0.29) is 0 Å². The van der Waals surface area contributed by atoms with Crippen molar-refractivity contribution in [1.29, 1.82) is 0 Å². The van der Waals surface area contributed by atoms with E-state index in [9.17, 15) is 0 Å². The van der Waals surface area contributed by atoms with Crippen LogP contribution in [0.3, 0.4) is 0 Å². The van der Waals surface area contributed by atoms with Crippen molar-refractivity contribution >= 4 is 11.6 Å². The number of ether oxygens (including phenoxy) is 1. The van der Waals surface area contributed by atoms with Gasteiger partial charge in [0.25, 0.3) is 0 Å². The Hall–Kier alpha value is -2.19. The highest BCUT2D eigenvalue weighted by molar-refractivity contribution is 5.46. The number of hydrogen-bond donors (Lipinski definition) is 3. The highest BCUT2D eigenvalue weighted by atomic mass is 16.5. The van der Waals surface area contributed by atoms with Gasteiger partial charge in [0.1, 0.15) is 24.0 Å². The maximum absolute atomic E-state index is 5.52. The molecule has 0 aliphatic carbocycles. The lowest BCUT2D eigenvalue weighted by molar-refractivity contribution is 0.128. The van der Waals surface area contributed by atoms with Gasteiger partial charge in [-0.05, 0) is 6.92 Å². The SMILES string of the molecule is CCOCc1nc(NN)cc(NCc2ncc(CC)o2)n1. The number of oxazole rings is 1. The Morgan fingerprint density at radius 3 is 2.76 bits per heavy atom. The molecule has 21 heavy (non-hydrogen) atoms. The summed E-state index contributed by atoms with van der Waals surface area (Å²) in [7, 11) is 0. The molecule has 0 radical (unpaired) electrons. The number of hydrogen-bond acceptors (Lipinski definition) is 8. The van der Waals surface area contributed by atoms with Crippen molar-refractivity contribution in [3.63, 3.8) is 0 Å². The van der Waals surface area contributed by atoms with E-state index in [0.29, 0.717) is 43.1 Å². The number of hydrazine groups is 1. The van der Waals surface area contributed by atoms with Gasteiger partial charge in [0.05, 0.1) is 12.7 Å². The molecular weight excluding hydrogens is 272 g/mol. The summed E-state index contributed by atoms with van der Waals surface area (Å²) in [5, 5.41) is 3.13. The number of anilines is 2. The van der Waals surface area contributed by atoms with Gasteiger partial charge in [-0.15, -0.1) is 0 Å². The van der Waals surface area contributed by atoms with Crippen molar-refractivity contribution in [2.45, 2.75) is 33.4 Å². The molecule has 0 atom stereocenters. The molecule has 0 aromatic carbocycles. The second kappa shape index (κ2) is 7.55. The van der Waals surface area contributed by atoms with Crippen molar-refractivity contribution in [3.05, 3.63) is 29.7 Å². The molecule has 0 aliphatic rings. The zero-order chi connectivity index (χ0) is 15.1. The number of aromatic nitrogens is 3. The summed E-state index contributed by atoms with van der Waals surface area (Å²) in [5.74, 6) is 8.57. The number of rotatable bonds is 8. The van der Waals surface area contributed by atoms with Crippen LogP contribution in [0.25, 0.3) is 0 Å². The minimum absolute atomic E-state index is 0.333. The molecule has 0 saturated heterocycles. The van der Waals surface area contributed by atoms with Crippen LogP contribution in [0, 0.1) is 0 Å². The van der Waals surface area contributed by atoms with Crippen LogP contribution >= 0.6 is 0 Å². The monoisotopic (exact) mass is 292 g/mol. The van der Waals surface area contributed by atoms with Crippen LogP contribution in [0.4, 0.5) is 11.6 Å². The molecule has 0 bridgehead atoms. The number of nitrogens with one attached hydrogen (secondary N) is 2. The molecule has 2 aromatic heterocycles. The molecule has 8 heteroatoms. The number of nitrogens with zero attached hydrogens (tertiary/aromatic N) is 3. The van der Waals surface area contributed by atoms with E-state index >= 15 is 0 Å². The van der Waals surface area contributed by atoms with E-state index in [4.69, 9.17) is 15.0 Å². The van der Waals surface area contributed by atoms with Gasteiger partial charge in [-0.2, -0.15) is 0 Å². The maximum atomic E-state index is 5.52. The fourth-order valence-electron chi connectivity index (χ4n) is 1.68. The molecule has 0 spiro atoms. The quantitative estimate of drug-likeness (QED) is 0.495. The van der Waals surface area contributed by atoms with Gasteiger partial charge >= 0.3 is 0 Å². The molecule has 0 fully saturated rings. The summed E-state index contributed by atoms with van der Waals surface area (Å²) in [6.07, 6.45) is 2.55. The number of nitrogen functional groups attached to an aromatic ring is 1. The third-order valence-corrected chi connectivity index (χ3v) is 2.73. The first kappa shape index (κ1) is 15.2. The summed E-state index contributed by atoms with van der Waals surface area (Å²) < 4.78 is 10.8. The Balaban J connectivity index is 2.03. The molecule has 2 aromatic rings. The van der Waals surface area contributed by atoms with Gasteiger partial charge in [0.2, 0.25) is 5.89 Å². The smallest absolute Gasteiger partial charge is 0.213 e. The zero-order valence-corrected chi connectivity index (χ0v) is 12.2. The third-order valence-electron chi connectivity index (χ3n) is 2.73. The average Bonchev–Trinajstić information content (AvgIpc) is 2.98. The minimum Gasteiger partial charge on any atom is -0.444 e. The standard InChI is InChI=1S/C13H20N6O2/c1-3-9-6-16-13(21-9)7-15-10-5-11(19-14)18-12(17-10)8-20-4-2/h5-6H,3-4,7-8,14H2,1-2H3,(H2,15,17,18,19). The lowest BCUT2D eigenvalue weighted by atomic mass is 10.4. The molecule has 4 N–H and O–H groups in total. The van der Waals surface area contributed by atoms with Crippen molar-refractivity contribution in [3.8, 4) is 0 Å². The third kappa shape index (κ3) is 4.40. The molecule has 2 heterocycles. The van der Waals surface area contributed by atoms with Gasteiger partial charge in [-0.1, -0.05) is 6.92 Å². The average molecular weight is 292 g/mol. The Labute approximate surface area is 123 Å². The summed E-state index contributed by atoms with van der Waals surface area (Å²) in [4.78, 5) is 12.7. The summed E-state index contributed by atoms with van der Waals surface area (Å²) >= 11 is 0. The first-order chi connectivity index (χ1) is 10.2. The van der Waals surface area contributed by atoms with E-state index in [2.05, 4.69) is 25.7 Å². The van der Waals surface area contributed by atoms with E-state index in [1.165, 1.54) is 0 Å². The van der Waals surface area contributed by atoms with E-state index in [1.807, 2.05) is 13.8 Å². The van der Waals surface area contributed by atoms with Gasteiger partial charge in [-0.25, -0.2) is 20.8 Å². The number of aryl methyl sites for hydroxylation is 1. The molecule has 8 nitrogen and oxygen atoms in total. The number of nitrogens with two attached hydrogens (primary N) is 1. The molecule has 0 amide bonds. The van der Waals surface area contributed by atoms with Crippen molar-refractivity contribution in [2.24, 2.45) is 5.84 Å². The fraction of sp³-hybridized carbons (Fsp3) is 0.462. The first-order valence-corrected chi connectivity index (χ1v) is 6.84. The molecular formula is C13H20N6O2. The summed E-state index contributed by atoms with van der Waals surface area (Å²) in [5.41, 5.74) is 2.51. The van der Waals surface area contributed by atoms with E-state index in [0.717, 1.165) is 12.2 Å². The van der Waals surface area contributed by atoms with Crippen LogP contribution in [0.1, 0.15) is 31.3 Å². The lowest BCUT2D eigenvalue weighted by Gasteiger charge is -2.08. The molecule has 0 aliphatic heterocycles. The first-order valence-electron chi connectivity index (χ1n) is 6.84. The predicted molar refractivity (Wildman–Crippen MR) is 78.4 cm³/mol. The second-order valence-corrected chi connectivity index (χ2v) is 4.26. The van der Waals surface area contributed by atoms with Crippen LogP contribution in [-0.2, 0) is 24.3 Å². The van der Waals surface area contributed by atoms with Gasteiger partial charge in [0, 0.05) is 19.1 Å². The topological polar surface area (TPSA) is 111 Å². The Bertz CT molecular complexity index is 572. The van der Waals surface area contributed by atoms with Crippen LogP contribution in [0.15, 0.2) is 16.7 Å². The molecule has 0 unspecified atom stereocenters. The van der Waals surface area contributed by atoms with Crippen molar-refractivity contribution < 1.29 is 9.15 Å². The van der Waals surface area contributed by atoms with Gasteiger partial charge in [0.15, 0.2) is 5.82 Å². The van der Waals surface area contributed by atoms with Crippen molar-refractivity contribution in [1.82, 2.24) is 15.0 Å². The lowest BCUT2D eigenvalue weighted by Crippen LogP contribution is -2.13. The summed E-state index contributed by atoms with van der Waals surface area (Å²) in [6.45, 7) is 5.30. The highest BCUT2D eigenvalue weighted by Crippen LogP contribution is 2.13. The van der Waals surface area contributed by atoms with Crippen LogP contribution in [0.2, 0.25) is 0 Å². The van der Waals surface area contributed by atoms with Crippen LogP contribution in [0.5, 0.6) is 0 Å². The Morgan fingerprint density at radius 1 is 1.29 bits per heavy atom. The molecule has 2 rings (SSSR count). The van der Waals surface area contributed by atoms with Crippen LogP contribution in [-0.4, -0.2) is 21.6 Å². The van der Waals surface area contributed by atoms with Crippen LogP contribution < -0.4 is 16.6 Å². The van der Waals surface area contributed by atoms with E-state index < -0.39 is 0 Å². The Kier molecular flexibility index (Phi) is 5.47. The molecule has 0 saturated carbocycles. The normalized spacial score (nSPS) is 10.6. The minimum atomic E-state index is 0.333. The maximum Gasteiger partial charge on any atom is 0.213 e.